The second-order valence-corrected chi connectivity index (χ2v) is 6.62. The van der Waals surface area contributed by atoms with E-state index in [4.69, 9.17) is 5.73 Å². The fraction of sp³-hybridized carbons (Fsp3) is 0.308. The third-order valence-corrected chi connectivity index (χ3v) is 4.66. The van der Waals surface area contributed by atoms with Gasteiger partial charge in [0.05, 0.1) is 5.92 Å². The molecule has 0 saturated heterocycles. The summed E-state index contributed by atoms with van der Waals surface area (Å²) in [6, 6.07) is 7.46. The Kier molecular flexibility index (Phi) is 7.10. The van der Waals surface area contributed by atoms with Gasteiger partial charge in [0.15, 0.2) is 4.34 Å². The highest BCUT2D eigenvalue weighted by Crippen LogP contribution is 2.29. The number of carbonyl (C=O) groups excluding carboxylic acids is 1. The molecule has 2 unspecified atom stereocenters. The molecule has 114 valence electrons. The van der Waals surface area contributed by atoms with Gasteiger partial charge in [0.1, 0.15) is 5.51 Å². The van der Waals surface area contributed by atoms with Crippen molar-refractivity contribution in [1.29, 1.82) is 0 Å². The highest BCUT2D eigenvalue weighted by atomic mass is 35.5. The minimum Gasteiger partial charge on any atom is -0.327 e. The predicted octanol–water partition coefficient (Wildman–Crippen LogP) is 3.03. The largest absolute Gasteiger partial charge is 0.327 e. The minimum atomic E-state index is -0.217. The highest BCUT2D eigenvalue weighted by Gasteiger charge is 2.16. The van der Waals surface area contributed by atoms with Gasteiger partial charge in [0.2, 0.25) is 5.91 Å². The van der Waals surface area contributed by atoms with Crippen LogP contribution >= 0.6 is 35.5 Å². The topological polar surface area (TPSA) is 80.9 Å². The molecule has 0 fully saturated rings. The van der Waals surface area contributed by atoms with Crippen LogP contribution in [-0.2, 0) is 4.79 Å². The monoisotopic (exact) mass is 344 g/mol. The Labute approximate surface area is 138 Å². The van der Waals surface area contributed by atoms with Crippen LogP contribution in [0.2, 0.25) is 0 Å². The number of hydrogen-bond donors (Lipinski definition) is 2. The van der Waals surface area contributed by atoms with Crippen LogP contribution in [0.15, 0.2) is 39.0 Å². The van der Waals surface area contributed by atoms with Crippen molar-refractivity contribution in [3.63, 3.8) is 0 Å². The summed E-state index contributed by atoms with van der Waals surface area (Å²) in [5, 5.41) is 10.6. The first-order valence-electron chi connectivity index (χ1n) is 6.17. The van der Waals surface area contributed by atoms with E-state index < -0.39 is 0 Å². The Morgan fingerprint density at radius 1 is 1.33 bits per heavy atom. The molecule has 1 aromatic heterocycles. The van der Waals surface area contributed by atoms with Crippen molar-refractivity contribution in [2.24, 2.45) is 11.7 Å². The number of benzene rings is 1. The van der Waals surface area contributed by atoms with Crippen LogP contribution in [0.3, 0.4) is 0 Å². The molecule has 1 aromatic carbocycles. The Bertz CT molecular complexity index is 560. The van der Waals surface area contributed by atoms with Crippen molar-refractivity contribution in [3.05, 3.63) is 29.8 Å². The van der Waals surface area contributed by atoms with Crippen LogP contribution in [0, 0.1) is 5.92 Å². The van der Waals surface area contributed by atoms with Gasteiger partial charge >= 0.3 is 0 Å². The Morgan fingerprint density at radius 2 is 2.00 bits per heavy atom. The SMILES string of the molecule is CC(N)C(C)C(=O)Nc1ccc(Sc2nncs2)cc1.Cl. The molecule has 1 heterocycles. The second-order valence-electron chi connectivity index (χ2n) is 4.47. The van der Waals surface area contributed by atoms with E-state index in [1.807, 2.05) is 38.1 Å². The van der Waals surface area contributed by atoms with Crippen LogP contribution in [-0.4, -0.2) is 22.1 Å². The maximum absolute atomic E-state index is 11.9. The molecule has 21 heavy (non-hydrogen) atoms. The fourth-order valence-electron chi connectivity index (χ4n) is 1.41. The number of aromatic nitrogens is 2. The summed E-state index contributed by atoms with van der Waals surface area (Å²) in [5.74, 6) is -0.282. The average molecular weight is 345 g/mol. The fourth-order valence-corrected chi connectivity index (χ4v) is 2.86. The molecule has 8 heteroatoms. The molecule has 3 N–H and O–H groups in total. The van der Waals surface area contributed by atoms with E-state index in [1.54, 1.807) is 17.3 Å². The first-order chi connectivity index (χ1) is 9.56. The van der Waals surface area contributed by atoms with Crippen molar-refractivity contribution < 1.29 is 4.79 Å². The van der Waals surface area contributed by atoms with Crippen LogP contribution < -0.4 is 11.1 Å². The lowest BCUT2D eigenvalue weighted by molar-refractivity contribution is -0.119. The first kappa shape index (κ1) is 17.9. The van der Waals surface area contributed by atoms with Gasteiger partial charge in [-0.3, -0.25) is 4.79 Å². The Balaban J connectivity index is 0.00000220. The predicted molar refractivity (Wildman–Crippen MR) is 89.2 cm³/mol. The van der Waals surface area contributed by atoms with Crippen LogP contribution in [0.1, 0.15) is 13.8 Å². The average Bonchev–Trinajstić information content (AvgIpc) is 2.92. The van der Waals surface area contributed by atoms with Crippen molar-refractivity contribution in [2.45, 2.75) is 29.1 Å². The molecule has 5 nitrogen and oxygen atoms in total. The maximum atomic E-state index is 11.9. The lowest BCUT2D eigenvalue weighted by Crippen LogP contribution is -2.34. The number of hydrogen-bond acceptors (Lipinski definition) is 6. The van der Waals surface area contributed by atoms with Gasteiger partial charge in [-0.2, -0.15) is 0 Å². The van der Waals surface area contributed by atoms with E-state index in [9.17, 15) is 4.79 Å². The number of rotatable bonds is 5. The van der Waals surface area contributed by atoms with Gasteiger partial charge in [-0.05, 0) is 31.2 Å². The number of nitrogens with one attached hydrogen (secondary N) is 1. The standard InChI is InChI=1S/C13H16N4OS2.ClH/c1-8(9(2)14)12(18)16-10-3-5-11(6-4-10)20-13-17-15-7-19-13;/h3-9H,14H2,1-2H3,(H,16,18);1H. The highest BCUT2D eigenvalue weighted by molar-refractivity contribution is 8.01. The lowest BCUT2D eigenvalue weighted by atomic mass is 10.0. The molecular formula is C13H17ClN4OS2. The summed E-state index contributed by atoms with van der Waals surface area (Å²) in [6.07, 6.45) is 0. The zero-order valence-electron chi connectivity index (χ0n) is 11.6. The lowest BCUT2D eigenvalue weighted by Gasteiger charge is -2.15. The Morgan fingerprint density at radius 3 is 2.52 bits per heavy atom. The smallest absolute Gasteiger partial charge is 0.228 e. The van der Waals surface area contributed by atoms with Gasteiger partial charge < -0.3 is 11.1 Å². The molecule has 0 spiro atoms. The summed E-state index contributed by atoms with van der Waals surface area (Å²) >= 11 is 3.04. The van der Waals surface area contributed by atoms with Crippen LogP contribution in [0.4, 0.5) is 5.69 Å². The van der Waals surface area contributed by atoms with E-state index >= 15 is 0 Å². The van der Waals surface area contributed by atoms with Gasteiger partial charge in [0, 0.05) is 16.6 Å². The summed E-state index contributed by atoms with van der Waals surface area (Å²) < 4.78 is 0.896. The van der Waals surface area contributed by atoms with E-state index in [0.29, 0.717) is 0 Å². The molecule has 1 amide bonds. The van der Waals surface area contributed by atoms with E-state index in [2.05, 4.69) is 15.5 Å². The number of anilines is 1. The Hall–Kier alpha value is -1.15. The van der Waals surface area contributed by atoms with Crippen molar-refractivity contribution in [1.82, 2.24) is 10.2 Å². The third-order valence-electron chi connectivity index (χ3n) is 2.87. The van der Waals surface area contributed by atoms with Gasteiger partial charge in [0.25, 0.3) is 0 Å². The van der Waals surface area contributed by atoms with Crippen LogP contribution in [0.5, 0.6) is 0 Å². The molecule has 0 bridgehead atoms. The molecule has 0 aliphatic carbocycles. The number of nitrogens with two attached hydrogens (primary N) is 1. The number of nitrogens with zero attached hydrogens (tertiary/aromatic N) is 2. The number of halogens is 1. The first-order valence-corrected chi connectivity index (χ1v) is 7.86. The maximum Gasteiger partial charge on any atom is 0.228 e. The molecule has 0 aliphatic heterocycles. The van der Waals surface area contributed by atoms with Gasteiger partial charge in [-0.25, -0.2) is 0 Å². The molecular weight excluding hydrogens is 328 g/mol. The number of amides is 1. The molecule has 0 saturated carbocycles. The van der Waals surface area contributed by atoms with E-state index in [1.165, 1.54) is 11.3 Å². The molecule has 0 aliphatic rings. The zero-order valence-corrected chi connectivity index (χ0v) is 14.1. The zero-order chi connectivity index (χ0) is 14.5. The summed E-state index contributed by atoms with van der Waals surface area (Å²) in [5.41, 5.74) is 8.18. The normalized spacial score (nSPS) is 13.1. The van der Waals surface area contributed by atoms with Gasteiger partial charge in [-0.15, -0.1) is 22.6 Å². The molecule has 2 rings (SSSR count). The van der Waals surface area contributed by atoms with Crippen molar-refractivity contribution in [2.75, 3.05) is 5.32 Å². The summed E-state index contributed by atoms with van der Waals surface area (Å²) in [7, 11) is 0. The minimum absolute atomic E-state index is 0. The van der Waals surface area contributed by atoms with E-state index in [-0.39, 0.29) is 30.3 Å². The molecule has 2 atom stereocenters. The molecule has 2 aromatic rings. The summed E-state index contributed by atoms with van der Waals surface area (Å²) in [4.78, 5) is 12.9. The van der Waals surface area contributed by atoms with Crippen molar-refractivity contribution >= 4 is 47.1 Å². The van der Waals surface area contributed by atoms with Gasteiger partial charge in [-0.1, -0.05) is 30.0 Å². The third kappa shape index (κ3) is 5.28. The quantitative estimate of drug-likeness (QED) is 0.871. The van der Waals surface area contributed by atoms with E-state index in [0.717, 1.165) is 14.9 Å². The van der Waals surface area contributed by atoms with Crippen LogP contribution in [0.25, 0.3) is 0 Å². The number of carbonyl (C=O) groups is 1. The second kappa shape index (κ2) is 8.33. The summed E-state index contributed by atoms with van der Waals surface area (Å²) in [6.45, 7) is 3.64. The van der Waals surface area contributed by atoms with Crippen molar-refractivity contribution in [3.8, 4) is 0 Å². The molecule has 0 radical (unpaired) electrons.